The summed E-state index contributed by atoms with van der Waals surface area (Å²) >= 11 is 0. The summed E-state index contributed by atoms with van der Waals surface area (Å²) < 4.78 is 5.28. The smallest absolute Gasteiger partial charge is 0.414 e. The predicted molar refractivity (Wildman–Crippen MR) is 121 cm³/mol. The van der Waals surface area contributed by atoms with Crippen molar-refractivity contribution in [2.75, 3.05) is 6.54 Å². The Kier molecular flexibility index (Phi) is 9.98. The summed E-state index contributed by atoms with van der Waals surface area (Å²) in [7, 11) is 0. The molecule has 0 saturated carbocycles. The maximum absolute atomic E-state index is 12.2. The molecule has 0 aliphatic heterocycles. The molecule has 0 unspecified atom stereocenters. The number of nitrogen functional groups attached to an aromatic ring is 1. The molecule has 2 rings (SSSR count). The van der Waals surface area contributed by atoms with Crippen LogP contribution in [0.1, 0.15) is 42.3 Å². The van der Waals surface area contributed by atoms with Crippen molar-refractivity contribution in [1.29, 1.82) is 5.41 Å². The van der Waals surface area contributed by atoms with Crippen molar-refractivity contribution in [1.82, 2.24) is 4.90 Å². The number of imide groups is 1. The van der Waals surface area contributed by atoms with E-state index >= 15 is 0 Å². The van der Waals surface area contributed by atoms with E-state index in [4.69, 9.17) is 30.9 Å². The number of carboxylic acids is 1. The molecule has 0 heterocycles. The molecule has 0 radical (unpaired) electrons. The number of carboxylic acid groups (broad SMARTS) is 2. The number of likely N-dealkylation sites (N-methyl/N-ethyl adjacent to an activating group) is 1. The summed E-state index contributed by atoms with van der Waals surface area (Å²) in [6, 6.07) is 12.6. The van der Waals surface area contributed by atoms with Gasteiger partial charge in [-0.1, -0.05) is 12.1 Å². The van der Waals surface area contributed by atoms with Gasteiger partial charge in [0.15, 0.2) is 0 Å². The van der Waals surface area contributed by atoms with Gasteiger partial charge in [0.25, 0.3) is 11.9 Å². The van der Waals surface area contributed by atoms with Gasteiger partial charge in [-0.05, 0) is 61.9 Å². The number of aliphatic carboxylic acids is 1. The molecule has 0 aliphatic carbocycles. The van der Waals surface area contributed by atoms with Gasteiger partial charge in [0, 0.05) is 24.6 Å². The van der Waals surface area contributed by atoms with Crippen LogP contribution in [0.25, 0.3) is 6.08 Å². The van der Waals surface area contributed by atoms with Gasteiger partial charge in [0.05, 0.1) is 5.56 Å². The number of amides is 2. The Balaban J connectivity index is 0.00000125. The average molecular weight is 455 g/mol. The summed E-state index contributed by atoms with van der Waals surface area (Å²) in [5.41, 5.74) is 7.11. The van der Waals surface area contributed by atoms with Crippen LogP contribution >= 0.6 is 0 Å². The van der Waals surface area contributed by atoms with Crippen molar-refractivity contribution in [3.05, 3.63) is 70.8 Å². The zero-order valence-electron chi connectivity index (χ0n) is 18.4. The Morgan fingerprint density at radius 1 is 0.970 bits per heavy atom. The summed E-state index contributed by atoms with van der Waals surface area (Å²) in [6.45, 7) is 4.24. The molecule has 10 nitrogen and oxygen atoms in total. The molecule has 0 atom stereocenters. The zero-order chi connectivity index (χ0) is 25.1. The fourth-order valence-corrected chi connectivity index (χ4v) is 2.47. The van der Waals surface area contributed by atoms with Crippen LogP contribution in [0.15, 0.2) is 54.1 Å². The Labute approximate surface area is 190 Å². The number of hydrogen-bond acceptors (Lipinski definition) is 6. The van der Waals surface area contributed by atoms with E-state index in [1.165, 1.54) is 6.92 Å². The molecule has 0 bridgehead atoms. The molecule has 0 aliphatic rings. The number of nitrogens with zero attached hydrogens (tertiary/aromatic N) is 1. The largest absolute Gasteiger partial charge is 0.481 e. The number of nitrogens with two attached hydrogens (primary N) is 1. The molecule has 0 aromatic heterocycles. The van der Waals surface area contributed by atoms with Crippen molar-refractivity contribution in [3.8, 4) is 5.75 Å². The lowest BCUT2D eigenvalue weighted by Crippen LogP contribution is -2.35. The molecule has 10 heteroatoms. The van der Waals surface area contributed by atoms with Crippen molar-refractivity contribution >= 4 is 35.9 Å². The summed E-state index contributed by atoms with van der Waals surface area (Å²) in [6.07, 6.45) is 0.239. The second-order valence-electron chi connectivity index (χ2n) is 6.63. The monoisotopic (exact) mass is 455 g/mol. The van der Waals surface area contributed by atoms with Crippen LogP contribution in [-0.4, -0.2) is 51.4 Å². The maximum atomic E-state index is 12.2. The van der Waals surface area contributed by atoms with Gasteiger partial charge in [0.1, 0.15) is 11.6 Å². The molecule has 0 spiro atoms. The first-order valence-electron chi connectivity index (χ1n) is 9.65. The second-order valence-corrected chi connectivity index (χ2v) is 6.63. The van der Waals surface area contributed by atoms with E-state index in [1.54, 1.807) is 61.5 Å². The lowest BCUT2D eigenvalue weighted by molar-refractivity contribution is -0.134. The fraction of sp³-hybridized carbons (Fsp3) is 0.174. The van der Waals surface area contributed by atoms with Gasteiger partial charge < -0.3 is 20.7 Å². The van der Waals surface area contributed by atoms with E-state index in [-0.39, 0.29) is 18.0 Å². The van der Waals surface area contributed by atoms with Crippen molar-refractivity contribution in [2.24, 2.45) is 5.73 Å². The van der Waals surface area contributed by atoms with Crippen LogP contribution in [0, 0.1) is 5.41 Å². The number of nitrogens with one attached hydrogen (secondary N) is 1. The van der Waals surface area contributed by atoms with Gasteiger partial charge in [-0.25, -0.2) is 14.5 Å². The van der Waals surface area contributed by atoms with Gasteiger partial charge >= 0.3 is 12.1 Å². The number of hydrogen-bond donors (Lipinski definition) is 4. The molecule has 2 amide bonds. The maximum Gasteiger partial charge on any atom is 0.414 e. The highest BCUT2D eigenvalue weighted by atomic mass is 16.5. The van der Waals surface area contributed by atoms with Crippen molar-refractivity contribution in [3.63, 3.8) is 0 Å². The van der Waals surface area contributed by atoms with E-state index in [0.717, 1.165) is 11.8 Å². The minimum Gasteiger partial charge on any atom is -0.481 e. The van der Waals surface area contributed by atoms with E-state index < -0.39 is 23.9 Å². The van der Waals surface area contributed by atoms with Gasteiger partial charge in [-0.15, -0.1) is 0 Å². The normalized spacial score (nSPS) is 10.3. The number of benzene rings is 2. The molecule has 0 saturated heterocycles. The van der Waals surface area contributed by atoms with Gasteiger partial charge in [-0.2, -0.15) is 0 Å². The van der Waals surface area contributed by atoms with Crippen LogP contribution in [-0.2, 0) is 9.59 Å². The van der Waals surface area contributed by atoms with E-state index in [9.17, 15) is 14.4 Å². The SMILES string of the molecule is CC(=O)O.CCN(C(=O)O)C(=O)C(C)=Cc1ccc(C(=O)Oc2ccc(C(=N)N)cc2)cc1. The zero-order valence-corrected chi connectivity index (χ0v) is 18.4. The van der Waals surface area contributed by atoms with Crippen LogP contribution < -0.4 is 10.5 Å². The average Bonchev–Trinajstić information content (AvgIpc) is 2.74. The van der Waals surface area contributed by atoms with E-state index in [2.05, 4.69) is 0 Å². The number of carbonyl (C=O) groups excluding carboxylic acids is 2. The van der Waals surface area contributed by atoms with Gasteiger partial charge in [0.2, 0.25) is 0 Å². The third-order valence-electron chi connectivity index (χ3n) is 4.04. The number of amidine groups is 1. The minimum absolute atomic E-state index is 0.0531. The molecule has 2 aromatic carbocycles. The second kappa shape index (κ2) is 12.4. The standard InChI is InChI=1S/C21H21N3O5.C2H4O2/c1-3-24(21(27)28)19(25)13(2)12-14-4-6-16(7-5-14)20(26)29-17-10-8-15(9-11-17)18(22)23;1-2(3)4/h4-12H,3H2,1-2H3,(H3,22,23)(H,27,28);1H3,(H,3,4). The Morgan fingerprint density at radius 2 is 1.45 bits per heavy atom. The van der Waals surface area contributed by atoms with Crippen LogP contribution in [0.2, 0.25) is 0 Å². The van der Waals surface area contributed by atoms with Crippen molar-refractivity contribution in [2.45, 2.75) is 20.8 Å². The Hall–Kier alpha value is -4.47. The lowest BCUT2D eigenvalue weighted by atomic mass is 10.1. The first-order chi connectivity index (χ1) is 15.5. The van der Waals surface area contributed by atoms with E-state index in [1.807, 2.05) is 0 Å². The van der Waals surface area contributed by atoms with Crippen molar-refractivity contribution < 1.29 is 34.1 Å². The van der Waals surface area contributed by atoms with Gasteiger partial charge in [-0.3, -0.25) is 15.0 Å². The molecule has 2 aromatic rings. The highest BCUT2D eigenvalue weighted by molar-refractivity contribution is 6.04. The minimum atomic E-state index is -1.31. The molecule has 174 valence electrons. The molecule has 0 fully saturated rings. The summed E-state index contributed by atoms with van der Waals surface area (Å²) in [5.74, 6) is -1.76. The molecule has 33 heavy (non-hydrogen) atoms. The third kappa shape index (κ3) is 8.66. The molecule has 5 N–H and O–H groups in total. The Bertz CT molecular complexity index is 1050. The summed E-state index contributed by atoms with van der Waals surface area (Å²) in [4.78, 5) is 45.2. The first-order valence-corrected chi connectivity index (χ1v) is 9.65. The fourth-order valence-electron chi connectivity index (χ4n) is 2.47. The predicted octanol–water partition coefficient (Wildman–Crippen LogP) is 3.21. The number of rotatable bonds is 6. The highest BCUT2D eigenvalue weighted by Gasteiger charge is 2.19. The van der Waals surface area contributed by atoms with E-state index in [0.29, 0.717) is 22.4 Å². The van der Waals surface area contributed by atoms with Crippen LogP contribution in [0.4, 0.5) is 4.79 Å². The van der Waals surface area contributed by atoms with Crippen LogP contribution in [0.5, 0.6) is 5.75 Å². The highest BCUT2D eigenvalue weighted by Crippen LogP contribution is 2.16. The number of esters is 1. The lowest BCUT2D eigenvalue weighted by Gasteiger charge is -2.15. The molecular formula is C23H25N3O7. The number of ether oxygens (including phenoxy) is 1. The number of carbonyl (C=O) groups is 4. The first kappa shape index (κ1) is 26.6. The quantitative estimate of drug-likeness (QED) is 0.169. The van der Waals surface area contributed by atoms with Crippen LogP contribution in [0.3, 0.4) is 0 Å². The third-order valence-corrected chi connectivity index (χ3v) is 4.04. The topological polar surface area (TPSA) is 171 Å². The summed E-state index contributed by atoms with van der Waals surface area (Å²) in [5, 5.41) is 23.8. The Morgan fingerprint density at radius 3 is 1.88 bits per heavy atom. The molecular weight excluding hydrogens is 430 g/mol.